The molecule has 0 saturated carbocycles. The van der Waals surface area contributed by atoms with Crippen molar-refractivity contribution in [2.45, 2.75) is 19.8 Å². The van der Waals surface area contributed by atoms with Crippen LogP contribution < -0.4 is 5.73 Å². The van der Waals surface area contributed by atoms with Gasteiger partial charge in [-0.2, -0.15) is 0 Å². The third-order valence-corrected chi connectivity index (χ3v) is 2.49. The van der Waals surface area contributed by atoms with Gasteiger partial charge in [-0.3, -0.25) is 0 Å². The van der Waals surface area contributed by atoms with E-state index in [0.29, 0.717) is 6.54 Å². The second kappa shape index (κ2) is 4.36. The summed E-state index contributed by atoms with van der Waals surface area (Å²) in [6.07, 6.45) is 3.53. The van der Waals surface area contributed by atoms with Crippen LogP contribution in [0, 0.1) is 6.92 Å². The predicted octanol–water partition coefficient (Wildman–Crippen LogP) is 1.83. The van der Waals surface area contributed by atoms with Crippen LogP contribution in [0.3, 0.4) is 0 Å². The summed E-state index contributed by atoms with van der Waals surface area (Å²) in [6, 6.07) is 6.25. The van der Waals surface area contributed by atoms with E-state index in [-0.39, 0.29) is 0 Å². The van der Waals surface area contributed by atoms with E-state index in [1.165, 1.54) is 5.56 Å². The number of aryl methyl sites for hydroxylation is 2. The van der Waals surface area contributed by atoms with Crippen LogP contribution in [0.1, 0.15) is 17.7 Å². The minimum absolute atomic E-state index is 0.706. The molecule has 2 rings (SSSR count). The molecule has 0 bridgehead atoms. The summed E-state index contributed by atoms with van der Waals surface area (Å²) in [6.45, 7) is 2.79. The van der Waals surface area contributed by atoms with Gasteiger partial charge in [-0.15, -0.1) is 0 Å². The van der Waals surface area contributed by atoms with Crippen molar-refractivity contribution in [3.63, 3.8) is 0 Å². The normalized spacial score (nSPS) is 10.8. The maximum Gasteiger partial charge on any atom is 0.116 e. The zero-order valence-electron chi connectivity index (χ0n) is 8.90. The van der Waals surface area contributed by atoms with Crippen LogP contribution >= 0.6 is 0 Å². The van der Waals surface area contributed by atoms with Gasteiger partial charge in [-0.1, -0.05) is 11.6 Å². The molecular formula is C12H15N3. The molecule has 0 saturated heterocycles. The lowest BCUT2D eigenvalue weighted by Gasteiger charge is -2.04. The molecule has 1 aromatic heterocycles. The van der Waals surface area contributed by atoms with Crippen molar-refractivity contribution >= 4 is 10.9 Å². The van der Waals surface area contributed by atoms with E-state index in [9.17, 15) is 0 Å². The van der Waals surface area contributed by atoms with E-state index in [4.69, 9.17) is 5.73 Å². The highest BCUT2D eigenvalue weighted by atomic mass is 14.8. The molecule has 0 unspecified atom stereocenters. The molecule has 0 aliphatic heterocycles. The molecule has 0 aliphatic rings. The number of fused-ring (bicyclic) bond motifs is 1. The van der Waals surface area contributed by atoms with E-state index < -0.39 is 0 Å². The summed E-state index contributed by atoms with van der Waals surface area (Å²) in [5.41, 5.74) is 8.87. The first kappa shape index (κ1) is 10.1. The third-order valence-electron chi connectivity index (χ3n) is 2.49. The second-order valence-electron chi connectivity index (χ2n) is 3.73. The Bertz CT molecular complexity index is 465. The van der Waals surface area contributed by atoms with Crippen molar-refractivity contribution in [3.8, 4) is 0 Å². The Morgan fingerprint density at radius 3 is 2.93 bits per heavy atom. The fourth-order valence-corrected chi connectivity index (χ4v) is 1.69. The van der Waals surface area contributed by atoms with Gasteiger partial charge in [-0.05, 0) is 38.4 Å². The Labute approximate surface area is 89.4 Å². The topological polar surface area (TPSA) is 51.8 Å². The fraction of sp³-hybridized carbons (Fsp3) is 0.333. The third kappa shape index (κ3) is 2.13. The first-order chi connectivity index (χ1) is 7.31. The Morgan fingerprint density at radius 2 is 2.13 bits per heavy atom. The molecule has 0 fully saturated rings. The first-order valence-corrected chi connectivity index (χ1v) is 5.21. The van der Waals surface area contributed by atoms with Crippen LogP contribution in [0.25, 0.3) is 10.9 Å². The van der Waals surface area contributed by atoms with Gasteiger partial charge in [0, 0.05) is 5.39 Å². The van der Waals surface area contributed by atoms with Crippen molar-refractivity contribution in [3.05, 3.63) is 35.8 Å². The van der Waals surface area contributed by atoms with Crippen LogP contribution in [-0.2, 0) is 6.42 Å². The Balaban J connectivity index is 2.48. The van der Waals surface area contributed by atoms with Crippen LogP contribution in [0.15, 0.2) is 24.5 Å². The SMILES string of the molecule is Cc1ccc2ncnc(CCCN)c2c1. The molecule has 0 spiro atoms. The molecule has 2 aromatic rings. The summed E-state index contributed by atoms with van der Waals surface area (Å²) in [4.78, 5) is 8.57. The highest BCUT2D eigenvalue weighted by Gasteiger charge is 2.02. The van der Waals surface area contributed by atoms with E-state index in [0.717, 1.165) is 29.4 Å². The average molecular weight is 201 g/mol. The summed E-state index contributed by atoms with van der Waals surface area (Å²) >= 11 is 0. The molecule has 1 aromatic carbocycles. The molecule has 0 amide bonds. The van der Waals surface area contributed by atoms with Gasteiger partial charge >= 0.3 is 0 Å². The van der Waals surface area contributed by atoms with Gasteiger partial charge < -0.3 is 5.73 Å². The molecule has 0 radical (unpaired) electrons. The fourth-order valence-electron chi connectivity index (χ4n) is 1.69. The van der Waals surface area contributed by atoms with Crippen molar-refractivity contribution in [2.24, 2.45) is 5.73 Å². The Hall–Kier alpha value is -1.48. The van der Waals surface area contributed by atoms with Gasteiger partial charge in [0.05, 0.1) is 11.2 Å². The van der Waals surface area contributed by atoms with E-state index in [1.807, 2.05) is 6.07 Å². The van der Waals surface area contributed by atoms with Crippen molar-refractivity contribution < 1.29 is 0 Å². The average Bonchev–Trinajstić information content (AvgIpc) is 2.26. The Morgan fingerprint density at radius 1 is 1.27 bits per heavy atom. The van der Waals surface area contributed by atoms with Gasteiger partial charge in [0.1, 0.15) is 6.33 Å². The maximum absolute atomic E-state index is 5.51. The summed E-state index contributed by atoms with van der Waals surface area (Å²) in [7, 11) is 0. The number of benzene rings is 1. The lowest BCUT2D eigenvalue weighted by molar-refractivity contribution is 0.814. The van der Waals surface area contributed by atoms with Crippen molar-refractivity contribution in [1.82, 2.24) is 9.97 Å². The van der Waals surface area contributed by atoms with Crippen molar-refractivity contribution in [1.29, 1.82) is 0 Å². The summed E-state index contributed by atoms with van der Waals surface area (Å²) < 4.78 is 0. The Kier molecular flexibility index (Phi) is 2.92. The molecule has 0 atom stereocenters. The second-order valence-corrected chi connectivity index (χ2v) is 3.73. The zero-order chi connectivity index (χ0) is 10.7. The van der Waals surface area contributed by atoms with Crippen LogP contribution in [0.5, 0.6) is 0 Å². The number of nitrogens with zero attached hydrogens (tertiary/aromatic N) is 2. The van der Waals surface area contributed by atoms with Crippen LogP contribution in [-0.4, -0.2) is 16.5 Å². The number of hydrogen-bond acceptors (Lipinski definition) is 3. The molecule has 78 valence electrons. The lowest BCUT2D eigenvalue weighted by atomic mass is 10.1. The van der Waals surface area contributed by atoms with Gasteiger partial charge in [0.15, 0.2) is 0 Å². The molecule has 2 N–H and O–H groups in total. The smallest absolute Gasteiger partial charge is 0.116 e. The largest absolute Gasteiger partial charge is 0.330 e. The summed E-state index contributed by atoms with van der Waals surface area (Å²) in [5, 5.41) is 1.16. The molecule has 15 heavy (non-hydrogen) atoms. The van der Waals surface area contributed by atoms with E-state index >= 15 is 0 Å². The first-order valence-electron chi connectivity index (χ1n) is 5.21. The quantitative estimate of drug-likeness (QED) is 0.824. The van der Waals surface area contributed by atoms with Gasteiger partial charge in [0.2, 0.25) is 0 Å². The molecule has 3 nitrogen and oxygen atoms in total. The number of rotatable bonds is 3. The van der Waals surface area contributed by atoms with Gasteiger partial charge in [0.25, 0.3) is 0 Å². The van der Waals surface area contributed by atoms with Crippen LogP contribution in [0.2, 0.25) is 0 Å². The molecular weight excluding hydrogens is 186 g/mol. The predicted molar refractivity (Wildman–Crippen MR) is 61.7 cm³/mol. The molecule has 0 aliphatic carbocycles. The number of hydrogen-bond donors (Lipinski definition) is 1. The van der Waals surface area contributed by atoms with Gasteiger partial charge in [-0.25, -0.2) is 9.97 Å². The number of nitrogens with two attached hydrogens (primary N) is 1. The van der Waals surface area contributed by atoms with E-state index in [2.05, 4.69) is 29.0 Å². The monoisotopic (exact) mass is 201 g/mol. The van der Waals surface area contributed by atoms with E-state index in [1.54, 1.807) is 6.33 Å². The number of aromatic nitrogens is 2. The summed E-state index contributed by atoms with van der Waals surface area (Å²) in [5.74, 6) is 0. The highest BCUT2D eigenvalue weighted by Crippen LogP contribution is 2.17. The van der Waals surface area contributed by atoms with Crippen molar-refractivity contribution in [2.75, 3.05) is 6.54 Å². The lowest BCUT2D eigenvalue weighted by Crippen LogP contribution is -2.02. The van der Waals surface area contributed by atoms with Crippen LogP contribution in [0.4, 0.5) is 0 Å². The minimum Gasteiger partial charge on any atom is -0.330 e. The molecule has 3 heteroatoms. The minimum atomic E-state index is 0.706. The zero-order valence-corrected chi connectivity index (χ0v) is 8.90. The maximum atomic E-state index is 5.51. The standard InChI is InChI=1S/C12H15N3/c1-9-4-5-12-10(7-9)11(3-2-6-13)14-8-15-12/h4-5,7-8H,2-3,6,13H2,1H3. The molecule has 1 heterocycles. The highest BCUT2D eigenvalue weighted by molar-refractivity contribution is 5.81.